The standard InChI is InChI=1S/C23H16ClN5O/c24-19-13-11-16(12-14-19)15-28-23(30)29-21(18-9-5-2-6-10-18)20(25-26-22(29)27-28)17-7-3-1-4-8-17/h1-14H,15H2. The van der Waals surface area contributed by atoms with Gasteiger partial charge in [-0.05, 0) is 17.7 Å². The fourth-order valence-electron chi connectivity index (χ4n) is 3.42. The fourth-order valence-corrected chi connectivity index (χ4v) is 3.55. The molecule has 30 heavy (non-hydrogen) atoms. The van der Waals surface area contributed by atoms with Crippen LogP contribution in [-0.2, 0) is 6.54 Å². The zero-order valence-corrected chi connectivity index (χ0v) is 16.6. The Kier molecular flexibility index (Phi) is 4.61. The zero-order chi connectivity index (χ0) is 20.5. The minimum Gasteiger partial charge on any atom is -0.245 e. The van der Waals surface area contributed by atoms with Crippen LogP contribution < -0.4 is 5.69 Å². The topological polar surface area (TPSA) is 65.1 Å². The summed E-state index contributed by atoms with van der Waals surface area (Å²) in [6.07, 6.45) is 0. The lowest BCUT2D eigenvalue weighted by Gasteiger charge is -2.09. The first kappa shape index (κ1) is 18.3. The van der Waals surface area contributed by atoms with E-state index >= 15 is 0 Å². The number of aromatic nitrogens is 5. The van der Waals surface area contributed by atoms with Gasteiger partial charge >= 0.3 is 5.69 Å². The van der Waals surface area contributed by atoms with Crippen LogP contribution in [0, 0.1) is 0 Å². The van der Waals surface area contributed by atoms with Crippen molar-refractivity contribution in [3.05, 3.63) is 106 Å². The molecule has 0 saturated heterocycles. The molecule has 5 aromatic rings. The van der Waals surface area contributed by atoms with Crippen molar-refractivity contribution in [3.8, 4) is 22.5 Å². The van der Waals surface area contributed by atoms with Gasteiger partial charge in [0, 0.05) is 16.1 Å². The average molecular weight is 414 g/mol. The molecule has 2 aromatic heterocycles. The molecule has 0 spiro atoms. The lowest BCUT2D eigenvalue weighted by molar-refractivity contribution is 0.658. The Morgan fingerprint density at radius 2 is 1.40 bits per heavy atom. The van der Waals surface area contributed by atoms with Crippen LogP contribution in [0.4, 0.5) is 0 Å². The monoisotopic (exact) mass is 413 g/mol. The molecule has 0 aliphatic carbocycles. The summed E-state index contributed by atoms with van der Waals surface area (Å²) in [4.78, 5) is 13.3. The van der Waals surface area contributed by atoms with Gasteiger partial charge in [-0.2, -0.15) is 0 Å². The maximum atomic E-state index is 13.3. The van der Waals surface area contributed by atoms with Gasteiger partial charge in [0.05, 0.1) is 12.2 Å². The Hall–Kier alpha value is -3.77. The Bertz CT molecular complexity index is 1380. The number of benzene rings is 3. The largest absolute Gasteiger partial charge is 0.352 e. The lowest BCUT2D eigenvalue weighted by atomic mass is 10.0. The summed E-state index contributed by atoms with van der Waals surface area (Å²) in [6.45, 7) is 0.314. The van der Waals surface area contributed by atoms with Gasteiger partial charge in [-0.25, -0.2) is 13.9 Å². The second-order valence-electron chi connectivity index (χ2n) is 6.83. The third-order valence-electron chi connectivity index (χ3n) is 4.85. The van der Waals surface area contributed by atoms with Gasteiger partial charge in [-0.15, -0.1) is 15.3 Å². The van der Waals surface area contributed by atoms with Crippen molar-refractivity contribution in [1.82, 2.24) is 24.4 Å². The molecule has 0 N–H and O–H groups in total. The van der Waals surface area contributed by atoms with Gasteiger partial charge in [0.2, 0.25) is 0 Å². The molecule has 0 saturated carbocycles. The van der Waals surface area contributed by atoms with E-state index in [1.807, 2.05) is 72.8 Å². The fraction of sp³-hybridized carbons (Fsp3) is 0.0435. The van der Waals surface area contributed by atoms with Crippen LogP contribution in [-0.4, -0.2) is 24.4 Å². The number of halogens is 1. The SMILES string of the molecule is O=c1n(Cc2ccc(Cl)cc2)nc2nnc(-c3ccccc3)c(-c3ccccc3)n12. The molecule has 7 heteroatoms. The summed E-state index contributed by atoms with van der Waals surface area (Å²) in [5.74, 6) is 0.257. The summed E-state index contributed by atoms with van der Waals surface area (Å²) in [5, 5.41) is 13.7. The molecule has 0 atom stereocenters. The van der Waals surface area contributed by atoms with Crippen molar-refractivity contribution < 1.29 is 0 Å². The first-order chi connectivity index (χ1) is 14.7. The van der Waals surface area contributed by atoms with Gasteiger partial charge in [-0.1, -0.05) is 84.4 Å². The number of fused-ring (bicyclic) bond motifs is 1. The highest BCUT2D eigenvalue weighted by Gasteiger charge is 2.19. The molecule has 3 aromatic carbocycles. The molecular formula is C23H16ClN5O. The zero-order valence-electron chi connectivity index (χ0n) is 15.8. The van der Waals surface area contributed by atoms with Crippen molar-refractivity contribution in [2.75, 3.05) is 0 Å². The Morgan fingerprint density at radius 1 is 0.767 bits per heavy atom. The minimum atomic E-state index is -0.272. The van der Waals surface area contributed by atoms with Crippen molar-refractivity contribution in [1.29, 1.82) is 0 Å². The van der Waals surface area contributed by atoms with Crippen molar-refractivity contribution in [3.63, 3.8) is 0 Å². The molecule has 146 valence electrons. The van der Waals surface area contributed by atoms with E-state index in [9.17, 15) is 4.79 Å². The van der Waals surface area contributed by atoms with E-state index in [-0.39, 0.29) is 11.5 Å². The van der Waals surface area contributed by atoms with Crippen LogP contribution in [0.25, 0.3) is 28.3 Å². The number of nitrogens with zero attached hydrogens (tertiary/aromatic N) is 5. The summed E-state index contributed by atoms with van der Waals surface area (Å²) in [6, 6.07) is 26.7. The van der Waals surface area contributed by atoms with Gasteiger partial charge < -0.3 is 0 Å². The van der Waals surface area contributed by atoms with Gasteiger partial charge in [-0.3, -0.25) is 0 Å². The van der Waals surface area contributed by atoms with Crippen LogP contribution in [0.3, 0.4) is 0 Å². The summed E-state index contributed by atoms with van der Waals surface area (Å²) in [7, 11) is 0. The first-order valence-electron chi connectivity index (χ1n) is 9.42. The lowest BCUT2D eigenvalue weighted by Crippen LogP contribution is -2.23. The van der Waals surface area contributed by atoms with Crippen molar-refractivity contribution in [2.24, 2.45) is 0 Å². The normalized spacial score (nSPS) is 11.1. The molecule has 0 fully saturated rings. The summed E-state index contributed by atoms with van der Waals surface area (Å²) in [5.41, 5.74) is 3.68. The van der Waals surface area contributed by atoms with Crippen molar-refractivity contribution in [2.45, 2.75) is 6.54 Å². The second-order valence-corrected chi connectivity index (χ2v) is 7.27. The van der Waals surface area contributed by atoms with E-state index in [0.29, 0.717) is 23.0 Å². The smallest absolute Gasteiger partial charge is 0.245 e. The predicted octanol–water partition coefficient (Wildman–Crippen LogP) is 4.32. The first-order valence-corrected chi connectivity index (χ1v) is 9.80. The maximum absolute atomic E-state index is 13.3. The molecule has 0 radical (unpaired) electrons. The van der Waals surface area contributed by atoms with E-state index in [1.165, 1.54) is 9.08 Å². The van der Waals surface area contributed by atoms with Gasteiger partial charge in [0.25, 0.3) is 5.78 Å². The van der Waals surface area contributed by atoms with Gasteiger partial charge in [0.1, 0.15) is 5.69 Å². The highest BCUT2D eigenvalue weighted by molar-refractivity contribution is 6.30. The molecule has 0 bridgehead atoms. The highest BCUT2D eigenvalue weighted by Crippen LogP contribution is 2.29. The van der Waals surface area contributed by atoms with E-state index in [2.05, 4.69) is 15.3 Å². The van der Waals surface area contributed by atoms with E-state index in [4.69, 9.17) is 11.6 Å². The van der Waals surface area contributed by atoms with Crippen LogP contribution in [0.15, 0.2) is 89.7 Å². The van der Waals surface area contributed by atoms with Crippen LogP contribution in [0.2, 0.25) is 5.02 Å². The minimum absolute atomic E-state index is 0.257. The molecule has 0 amide bonds. The van der Waals surface area contributed by atoms with E-state index < -0.39 is 0 Å². The third kappa shape index (κ3) is 3.27. The molecular weight excluding hydrogens is 398 g/mol. The summed E-state index contributed by atoms with van der Waals surface area (Å²) >= 11 is 5.97. The van der Waals surface area contributed by atoms with Crippen LogP contribution in [0.5, 0.6) is 0 Å². The predicted molar refractivity (Wildman–Crippen MR) is 116 cm³/mol. The van der Waals surface area contributed by atoms with E-state index in [0.717, 1.165) is 16.7 Å². The third-order valence-corrected chi connectivity index (χ3v) is 5.10. The van der Waals surface area contributed by atoms with E-state index in [1.54, 1.807) is 12.1 Å². The van der Waals surface area contributed by atoms with Crippen molar-refractivity contribution >= 4 is 17.4 Å². The number of hydrogen-bond donors (Lipinski definition) is 0. The Morgan fingerprint density at radius 3 is 2.07 bits per heavy atom. The maximum Gasteiger partial charge on any atom is 0.352 e. The summed E-state index contributed by atoms with van der Waals surface area (Å²) < 4.78 is 2.93. The Labute approximate surface area is 177 Å². The van der Waals surface area contributed by atoms with Crippen LogP contribution in [0.1, 0.15) is 5.56 Å². The Balaban J connectivity index is 1.74. The molecule has 5 rings (SSSR count). The molecule has 0 unspecified atom stereocenters. The number of hydrogen-bond acceptors (Lipinski definition) is 4. The highest BCUT2D eigenvalue weighted by atomic mass is 35.5. The van der Waals surface area contributed by atoms with Gasteiger partial charge in [0.15, 0.2) is 0 Å². The second kappa shape index (κ2) is 7.57. The van der Waals surface area contributed by atoms with Crippen LogP contribution >= 0.6 is 11.6 Å². The molecule has 0 aliphatic heterocycles. The molecule has 2 heterocycles. The molecule has 6 nitrogen and oxygen atoms in total. The quantitative estimate of drug-likeness (QED) is 0.440. The number of rotatable bonds is 4. The molecule has 0 aliphatic rings. The average Bonchev–Trinajstić information content (AvgIpc) is 3.11.